The number of sulfonamides is 1. The molecule has 6 nitrogen and oxygen atoms in total. The Morgan fingerprint density at radius 1 is 1.16 bits per heavy atom. The molecule has 0 radical (unpaired) electrons. The Kier molecular flexibility index (Phi) is 5.75. The lowest BCUT2D eigenvalue weighted by molar-refractivity contribution is 0.0997. The molecule has 31 heavy (non-hydrogen) atoms. The highest BCUT2D eigenvalue weighted by molar-refractivity contribution is 7.89. The molecule has 0 bridgehead atoms. The topological polar surface area (TPSA) is 71.7 Å². The number of nitrogens with zero attached hydrogens (tertiary/aromatic N) is 3. The van der Waals surface area contributed by atoms with Gasteiger partial charge in [-0.3, -0.25) is 4.79 Å². The maximum absolute atomic E-state index is 14.3. The van der Waals surface area contributed by atoms with Gasteiger partial charge < -0.3 is 4.57 Å². The van der Waals surface area contributed by atoms with E-state index in [1.54, 1.807) is 0 Å². The lowest BCUT2D eigenvalue weighted by Gasteiger charge is -2.15. The van der Waals surface area contributed by atoms with Gasteiger partial charge in [0.05, 0.1) is 21.7 Å². The molecular formula is C21H17F2N3O3S2. The minimum Gasteiger partial charge on any atom is -0.302 e. The number of rotatable bonds is 4. The number of carbonyl (C=O) groups is 1. The molecule has 160 valence electrons. The third kappa shape index (κ3) is 4.04. The molecule has 3 aromatic rings. The number of thiazole rings is 1. The van der Waals surface area contributed by atoms with Crippen LogP contribution in [0.1, 0.15) is 23.2 Å². The van der Waals surface area contributed by atoms with E-state index in [1.807, 2.05) is 0 Å². The van der Waals surface area contributed by atoms with Crippen LogP contribution < -0.4 is 4.80 Å². The van der Waals surface area contributed by atoms with Gasteiger partial charge >= 0.3 is 0 Å². The normalized spacial score (nSPS) is 15.5. The number of amides is 1. The summed E-state index contributed by atoms with van der Waals surface area (Å²) in [5, 5.41) is 0. The van der Waals surface area contributed by atoms with E-state index >= 15 is 0 Å². The summed E-state index contributed by atoms with van der Waals surface area (Å²) in [4.78, 5) is 16.9. The van der Waals surface area contributed by atoms with Gasteiger partial charge in [0.15, 0.2) is 10.6 Å². The van der Waals surface area contributed by atoms with Crippen molar-refractivity contribution in [3.05, 3.63) is 58.4 Å². The Balaban J connectivity index is 1.71. The molecule has 1 aliphatic rings. The second-order valence-corrected chi connectivity index (χ2v) is 9.91. The van der Waals surface area contributed by atoms with Crippen LogP contribution in [-0.2, 0) is 16.6 Å². The van der Waals surface area contributed by atoms with Crippen molar-refractivity contribution in [3.8, 4) is 12.3 Å². The van der Waals surface area contributed by atoms with Crippen molar-refractivity contribution in [1.82, 2.24) is 8.87 Å². The van der Waals surface area contributed by atoms with Crippen LogP contribution >= 0.6 is 11.3 Å². The summed E-state index contributed by atoms with van der Waals surface area (Å²) in [6.07, 6.45) is 7.01. The van der Waals surface area contributed by atoms with Gasteiger partial charge in [0, 0.05) is 24.7 Å². The lowest BCUT2D eigenvalue weighted by Crippen LogP contribution is -2.27. The minimum absolute atomic E-state index is 0.0539. The molecule has 1 aromatic heterocycles. The first-order valence-corrected chi connectivity index (χ1v) is 11.7. The Morgan fingerprint density at radius 2 is 1.84 bits per heavy atom. The van der Waals surface area contributed by atoms with Crippen molar-refractivity contribution in [2.45, 2.75) is 24.3 Å². The van der Waals surface area contributed by atoms with Crippen LogP contribution in [0.3, 0.4) is 0 Å². The fourth-order valence-corrected chi connectivity index (χ4v) is 6.04. The summed E-state index contributed by atoms with van der Waals surface area (Å²) in [6, 6.07) is 7.39. The van der Waals surface area contributed by atoms with E-state index < -0.39 is 27.6 Å². The maximum atomic E-state index is 14.3. The number of aromatic nitrogens is 1. The smallest absolute Gasteiger partial charge is 0.279 e. The number of fused-ring (bicyclic) bond motifs is 1. The van der Waals surface area contributed by atoms with Crippen LogP contribution in [0.4, 0.5) is 8.78 Å². The number of terminal acetylenes is 1. The second kappa shape index (κ2) is 8.34. The first-order chi connectivity index (χ1) is 14.8. The van der Waals surface area contributed by atoms with Gasteiger partial charge in [-0.05, 0) is 43.2 Å². The van der Waals surface area contributed by atoms with Crippen LogP contribution in [0.5, 0.6) is 0 Å². The van der Waals surface area contributed by atoms with E-state index in [2.05, 4.69) is 10.9 Å². The van der Waals surface area contributed by atoms with Crippen LogP contribution in [0.25, 0.3) is 10.2 Å². The SMILES string of the molecule is C#CCn1c(=NC(=O)c2ccc(S(=O)(=O)N3CCCC3)cc2)sc2cc(F)cc(F)c21. The molecule has 1 amide bonds. The van der Waals surface area contributed by atoms with E-state index in [-0.39, 0.29) is 32.0 Å². The van der Waals surface area contributed by atoms with E-state index in [1.165, 1.54) is 33.1 Å². The predicted molar refractivity (Wildman–Crippen MR) is 113 cm³/mol. The van der Waals surface area contributed by atoms with E-state index in [0.717, 1.165) is 36.3 Å². The van der Waals surface area contributed by atoms with Crippen molar-refractivity contribution in [1.29, 1.82) is 0 Å². The number of carbonyl (C=O) groups excluding carboxylic acids is 1. The summed E-state index contributed by atoms with van der Waals surface area (Å²) in [5.74, 6) is 0.182. The summed E-state index contributed by atoms with van der Waals surface area (Å²) in [5.41, 5.74) is 0.236. The van der Waals surface area contributed by atoms with Gasteiger partial charge in [0.25, 0.3) is 5.91 Å². The maximum Gasteiger partial charge on any atom is 0.279 e. The third-order valence-corrected chi connectivity index (χ3v) is 7.88. The number of hydrogen-bond donors (Lipinski definition) is 0. The zero-order chi connectivity index (χ0) is 22.2. The van der Waals surface area contributed by atoms with E-state index in [4.69, 9.17) is 6.42 Å². The van der Waals surface area contributed by atoms with Gasteiger partial charge in [-0.25, -0.2) is 17.2 Å². The van der Waals surface area contributed by atoms with Gasteiger partial charge in [-0.2, -0.15) is 9.30 Å². The predicted octanol–water partition coefficient (Wildman–Crippen LogP) is 3.14. The molecule has 2 aromatic carbocycles. The van der Waals surface area contributed by atoms with Gasteiger partial charge in [-0.15, -0.1) is 6.42 Å². The number of benzene rings is 2. The fourth-order valence-electron chi connectivity index (χ4n) is 3.45. The average Bonchev–Trinajstić information content (AvgIpc) is 3.38. The molecule has 0 N–H and O–H groups in total. The number of halogens is 2. The summed E-state index contributed by atoms with van der Waals surface area (Å²) in [7, 11) is -3.59. The van der Waals surface area contributed by atoms with Gasteiger partial charge in [0.1, 0.15) is 5.82 Å². The molecular weight excluding hydrogens is 444 g/mol. The Hall–Kier alpha value is -2.87. The first kappa shape index (κ1) is 21.4. The zero-order valence-corrected chi connectivity index (χ0v) is 17.8. The molecule has 1 saturated heterocycles. The van der Waals surface area contributed by atoms with Crippen molar-refractivity contribution in [3.63, 3.8) is 0 Å². The lowest BCUT2D eigenvalue weighted by atomic mass is 10.2. The van der Waals surface area contributed by atoms with Gasteiger partial charge in [-0.1, -0.05) is 17.3 Å². The van der Waals surface area contributed by atoms with Crippen LogP contribution in [0.2, 0.25) is 0 Å². The largest absolute Gasteiger partial charge is 0.302 e. The highest BCUT2D eigenvalue weighted by Crippen LogP contribution is 2.23. The standard InChI is InChI=1S/C21H17F2N3O3S2/c1-2-9-26-19-17(23)12-15(22)13-18(19)30-21(26)24-20(27)14-5-7-16(8-6-14)31(28,29)25-10-3-4-11-25/h1,5-8,12-13H,3-4,9-11H2. The molecule has 4 rings (SSSR count). The average molecular weight is 462 g/mol. The fraction of sp³-hybridized carbons (Fsp3) is 0.238. The van der Waals surface area contributed by atoms with E-state index in [9.17, 15) is 22.0 Å². The summed E-state index contributed by atoms with van der Waals surface area (Å²) >= 11 is 0.937. The molecule has 0 unspecified atom stereocenters. The second-order valence-electron chi connectivity index (χ2n) is 6.96. The third-order valence-electron chi connectivity index (χ3n) is 4.95. The monoisotopic (exact) mass is 461 g/mol. The summed E-state index contributed by atoms with van der Waals surface area (Å²) in [6.45, 7) is 0.912. The van der Waals surface area contributed by atoms with Crippen molar-refractivity contribution in [2.75, 3.05) is 13.1 Å². The highest BCUT2D eigenvalue weighted by atomic mass is 32.2. The molecule has 0 spiro atoms. The van der Waals surface area contributed by atoms with Crippen LogP contribution in [0.15, 0.2) is 46.3 Å². The van der Waals surface area contributed by atoms with Crippen molar-refractivity contribution < 1.29 is 22.0 Å². The zero-order valence-electron chi connectivity index (χ0n) is 16.2. The van der Waals surface area contributed by atoms with Crippen molar-refractivity contribution in [2.24, 2.45) is 4.99 Å². The molecule has 1 fully saturated rings. The van der Waals surface area contributed by atoms with E-state index in [0.29, 0.717) is 13.1 Å². The molecule has 0 atom stereocenters. The van der Waals surface area contributed by atoms with Crippen LogP contribution in [-0.4, -0.2) is 36.3 Å². The first-order valence-electron chi connectivity index (χ1n) is 9.42. The molecule has 0 saturated carbocycles. The molecule has 0 aliphatic carbocycles. The molecule has 1 aliphatic heterocycles. The van der Waals surface area contributed by atoms with Crippen molar-refractivity contribution >= 4 is 37.5 Å². The Bertz CT molecular complexity index is 1380. The molecule has 2 heterocycles. The Morgan fingerprint density at radius 3 is 2.48 bits per heavy atom. The quantitative estimate of drug-likeness (QED) is 0.561. The van der Waals surface area contributed by atoms with Gasteiger partial charge in [0.2, 0.25) is 10.0 Å². The summed E-state index contributed by atoms with van der Waals surface area (Å²) < 4.78 is 56.1. The highest BCUT2D eigenvalue weighted by Gasteiger charge is 2.27. The number of hydrogen-bond acceptors (Lipinski definition) is 4. The molecule has 10 heteroatoms. The Labute approximate surface area is 181 Å². The van der Waals surface area contributed by atoms with Crippen LogP contribution in [0, 0.1) is 24.0 Å². The minimum atomic E-state index is -3.59.